The van der Waals surface area contributed by atoms with Crippen molar-refractivity contribution in [3.8, 4) is 0 Å². The van der Waals surface area contributed by atoms with Gasteiger partial charge < -0.3 is 5.32 Å². The van der Waals surface area contributed by atoms with Crippen LogP contribution in [0.3, 0.4) is 0 Å². The maximum Gasteiger partial charge on any atom is 0.425 e. The molecule has 1 atom stereocenters. The minimum absolute atomic E-state index is 0.0511. The van der Waals surface area contributed by atoms with E-state index in [-0.39, 0.29) is 29.2 Å². The third-order valence-corrected chi connectivity index (χ3v) is 5.73. The van der Waals surface area contributed by atoms with Gasteiger partial charge in [-0.3, -0.25) is 19.3 Å². The molecule has 5 nitrogen and oxygen atoms in total. The second-order valence-electron chi connectivity index (χ2n) is 9.83. The summed E-state index contributed by atoms with van der Waals surface area (Å²) in [5.74, 6) is -3.23. The van der Waals surface area contributed by atoms with E-state index in [1.807, 2.05) is 5.32 Å². The molecule has 0 fully saturated rings. The number of benzene rings is 1. The van der Waals surface area contributed by atoms with Crippen LogP contribution in [0.4, 0.5) is 18.9 Å². The molecule has 31 heavy (non-hydrogen) atoms. The molecule has 0 saturated heterocycles. The van der Waals surface area contributed by atoms with Crippen LogP contribution in [0.25, 0.3) is 0 Å². The normalized spacial score (nSPS) is 23.8. The molecule has 9 heteroatoms. The summed E-state index contributed by atoms with van der Waals surface area (Å²) in [6.45, 7) is 7.79. The van der Waals surface area contributed by atoms with E-state index >= 15 is 0 Å². The number of Topliss-reactive ketones (excluding diaryl/α,β-unsaturated/α-hetero) is 1. The number of hydrogen-bond acceptors (Lipinski definition) is 3. The topological polar surface area (TPSA) is 66.5 Å². The van der Waals surface area contributed by atoms with Gasteiger partial charge in [0.2, 0.25) is 11.4 Å². The van der Waals surface area contributed by atoms with E-state index in [2.05, 4.69) is 0 Å². The van der Waals surface area contributed by atoms with Crippen LogP contribution in [-0.2, 0) is 14.4 Å². The summed E-state index contributed by atoms with van der Waals surface area (Å²) < 4.78 is 43.9. The number of rotatable bonds is 2. The highest BCUT2D eigenvalue weighted by atomic mass is 35.5. The molecule has 2 aliphatic rings. The van der Waals surface area contributed by atoms with E-state index in [1.54, 1.807) is 13.8 Å². The van der Waals surface area contributed by atoms with E-state index in [1.165, 1.54) is 45.0 Å². The van der Waals surface area contributed by atoms with E-state index < -0.39 is 45.7 Å². The van der Waals surface area contributed by atoms with Gasteiger partial charge in [-0.15, -0.1) is 0 Å². The molecule has 3 rings (SSSR count). The van der Waals surface area contributed by atoms with E-state index in [9.17, 15) is 27.6 Å². The smallest absolute Gasteiger partial charge is 0.330 e. The SMILES string of the molecule is CC1(C)CC(=O)C2=C(C1)N(c1cccc(Cl)c1)C(=O)C2(NC(=O)C(C)(C)C)C(F)(F)F. The fraction of sp³-hybridized carbons (Fsp3) is 0.500. The third-order valence-electron chi connectivity index (χ3n) is 5.50. The van der Waals surface area contributed by atoms with Gasteiger partial charge in [0.1, 0.15) is 0 Å². The molecule has 0 spiro atoms. The summed E-state index contributed by atoms with van der Waals surface area (Å²) in [4.78, 5) is 40.2. The Morgan fingerprint density at radius 1 is 1.13 bits per heavy atom. The van der Waals surface area contributed by atoms with Gasteiger partial charge in [-0.2, -0.15) is 13.2 Å². The summed E-state index contributed by atoms with van der Waals surface area (Å²) in [6, 6.07) is 5.82. The summed E-state index contributed by atoms with van der Waals surface area (Å²) in [5, 5.41) is 2.15. The highest BCUT2D eigenvalue weighted by molar-refractivity contribution is 6.31. The first-order valence-corrected chi connectivity index (χ1v) is 10.2. The monoisotopic (exact) mass is 456 g/mol. The maximum atomic E-state index is 14.6. The predicted molar refractivity (Wildman–Crippen MR) is 110 cm³/mol. The first kappa shape index (κ1) is 23.3. The summed E-state index contributed by atoms with van der Waals surface area (Å²) >= 11 is 6.02. The minimum Gasteiger partial charge on any atom is -0.330 e. The van der Waals surface area contributed by atoms with Crippen molar-refractivity contribution in [1.82, 2.24) is 5.32 Å². The van der Waals surface area contributed by atoms with Crippen molar-refractivity contribution in [2.75, 3.05) is 4.90 Å². The molecule has 1 heterocycles. The Kier molecular flexibility index (Phi) is 5.33. The van der Waals surface area contributed by atoms with Gasteiger partial charge in [0.05, 0.1) is 11.3 Å². The van der Waals surface area contributed by atoms with Crippen molar-refractivity contribution in [3.63, 3.8) is 0 Å². The molecular weight excluding hydrogens is 433 g/mol. The van der Waals surface area contributed by atoms with Gasteiger partial charge in [0.15, 0.2) is 5.78 Å². The zero-order valence-electron chi connectivity index (χ0n) is 17.9. The lowest BCUT2D eigenvalue weighted by atomic mass is 9.72. The number of hydrogen-bond donors (Lipinski definition) is 1. The van der Waals surface area contributed by atoms with Crippen molar-refractivity contribution >= 4 is 34.9 Å². The number of nitrogens with zero attached hydrogens (tertiary/aromatic N) is 1. The quantitative estimate of drug-likeness (QED) is 0.695. The standard InChI is InChI=1S/C22H24ClF3N2O3/c1-19(2,3)17(30)27-21(22(24,25)26)16-14(10-20(4,5)11-15(16)29)28(18(21)31)13-8-6-7-12(23)9-13/h6-9H,10-11H2,1-5H3,(H,27,30). The van der Waals surface area contributed by atoms with Crippen molar-refractivity contribution in [2.45, 2.75) is 59.2 Å². The average Bonchev–Trinajstić information content (AvgIpc) is 2.81. The maximum absolute atomic E-state index is 14.6. The van der Waals surface area contributed by atoms with E-state index in [0.717, 1.165) is 4.90 Å². The number of ketones is 1. The zero-order chi connectivity index (χ0) is 23.6. The molecule has 0 radical (unpaired) electrons. The Balaban J connectivity index is 2.33. The van der Waals surface area contributed by atoms with Gasteiger partial charge in [-0.25, -0.2) is 0 Å². The molecule has 1 aliphatic heterocycles. The van der Waals surface area contributed by atoms with Gasteiger partial charge >= 0.3 is 6.18 Å². The van der Waals surface area contributed by atoms with Gasteiger partial charge in [-0.05, 0) is 30.0 Å². The van der Waals surface area contributed by atoms with Crippen LogP contribution in [0.1, 0.15) is 47.5 Å². The van der Waals surface area contributed by atoms with Crippen LogP contribution in [0.5, 0.6) is 0 Å². The molecule has 168 valence electrons. The number of amides is 2. The first-order valence-electron chi connectivity index (χ1n) is 9.77. The molecule has 1 unspecified atom stereocenters. The fourth-order valence-corrected chi connectivity index (χ4v) is 4.18. The largest absolute Gasteiger partial charge is 0.425 e. The highest BCUT2D eigenvalue weighted by Gasteiger charge is 2.72. The predicted octanol–water partition coefficient (Wildman–Crippen LogP) is 4.79. The lowest BCUT2D eigenvalue weighted by Crippen LogP contribution is -2.67. The van der Waals surface area contributed by atoms with Crippen molar-refractivity contribution in [1.29, 1.82) is 0 Å². The van der Waals surface area contributed by atoms with E-state index in [0.29, 0.717) is 0 Å². The Hall–Kier alpha value is -2.35. The van der Waals surface area contributed by atoms with Crippen LogP contribution in [0.2, 0.25) is 5.02 Å². The zero-order valence-corrected chi connectivity index (χ0v) is 18.7. The molecule has 0 saturated carbocycles. The van der Waals surface area contributed by atoms with Gasteiger partial charge in [-0.1, -0.05) is 52.3 Å². The number of nitrogens with one attached hydrogen (secondary N) is 1. The van der Waals surface area contributed by atoms with Gasteiger partial charge in [0.25, 0.3) is 5.91 Å². The molecular formula is C22H24ClF3N2O3. The lowest BCUT2D eigenvalue weighted by molar-refractivity contribution is -0.191. The summed E-state index contributed by atoms with van der Waals surface area (Å²) in [6.07, 6.45) is -5.36. The number of alkyl halides is 3. The Labute approximate surface area is 183 Å². The number of anilines is 1. The van der Waals surface area contributed by atoms with Gasteiger partial charge in [0, 0.05) is 22.6 Å². The van der Waals surface area contributed by atoms with Crippen LogP contribution in [0, 0.1) is 10.8 Å². The third kappa shape index (κ3) is 3.75. The van der Waals surface area contributed by atoms with Crippen molar-refractivity contribution < 1.29 is 27.6 Å². The summed E-state index contributed by atoms with van der Waals surface area (Å²) in [5.41, 5.74) is -6.00. The molecule has 0 aromatic heterocycles. The second kappa shape index (κ2) is 7.08. The first-order chi connectivity index (χ1) is 14.0. The summed E-state index contributed by atoms with van der Waals surface area (Å²) in [7, 11) is 0. The highest BCUT2D eigenvalue weighted by Crippen LogP contribution is 2.53. The van der Waals surface area contributed by atoms with Crippen LogP contribution >= 0.6 is 11.6 Å². The van der Waals surface area contributed by atoms with Crippen molar-refractivity contribution in [2.24, 2.45) is 10.8 Å². The Bertz CT molecular complexity index is 1010. The molecule has 1 N–H and O–H groups in total. The van der Waals surface area contributed by atoms with Crippen LogP contribution in [0.15, 0.2) is 35.5 Å². The van der Waals surface area contributed by atoms with Crippen molar-refractivity contribution in [3.05, 3.63) is 40.6 Å². The van der Waals surface area contributed by atoms with Crippen LogP contribution in [-0.4, -0.2) is 29.3 Å². The molecule has 1 aliphatic carbocycles. The number of halogens is 4. The molecule has 0 bridgehead atoms. The average molecular weight is 457 g/mol. The lowest BCUT2D eigenvalue weighted by Gasteiger charge is -2.37. The Morgan fingerprint density at radius 3 is 2.26 bits per heavy atom. The fourth-order valence-electron chi connectivity index (χ4n) is 4.00. The molecule has 1 aromatic rings. The number of carbonyl (C=O) groups excluding carboxylic acids is 3. The Morgan fingerprint density at radius 2 is 1.74 bits per heavy atom. The second-order valence-corrected chi connectivity index (χ2v) is 10.3. The molecule has 1 aromatic carbocycles. The molecule has 2 amide bonds. The van der Waals surface area contributed by atoms with E-state index in [4.69, 9.17) is 11.6 Å². The number of carbonyl (C=O) groups is 3. The minimum atomic E-state index is -5.24. The number of allylic oxidation sites excluding steroid dienone is 1. The van der Waals surface area contributed by atoms with Crippen LogP contribution < -0.4 is 10.2 Å².